The van der Waals surface area contributed by atoms with E-state index < -0.39 is 6.09 Å². The maximum absolute atomic E-state index is 10.8. The number of nitrogens with one attached hydrogen (secondary N) is 1. The number of tetrazole rings is 1. The van der Waals surface area contributed by atoms with Crippen LogP contribution in [-0.2, 0) is 13.7 Å². The average molecular weight is 382 g/mol. The molecule has 1 aromatic carbocycles. The SMILES string of the molecule is Cn1nnnc1-n1c(OCc2cccc(NC(=O)O)n2)nc2c(O)cccc21. The van der Waals surface area contributed by atoms with E-state index in [-0.39, 0.29) is 24.2 Å². The first-order chi connectivity index (χ1) is 13.5. The number of rotatable bonds is 5. The Bertz CT molecular complexity index is 1170. The number of carboxylic acid groups (broad SMARTS) is 1. The van der Waals surface area contributed by atoms with Gasteiger partial charge in [0.2, 0.25) is 0 Å². The fourth-order valence-corrected chi connectivity index (χ4v) is 2.65. The second kappa shape index (κ2) is 6.83. The summed E-state index contributed by atoms with van der Waals surface area (Å²) in [5.41, 5.74) is 1.36. The number of carbonyl (C=O) groups is 1. The summed E-state index contributed by atoms with van der Waals surface area (Å²) in [6.45, 7) is 0.00447. The highest BCUT2D eigenvalue weighted by Crippen LogP contribution is 2.30. The van der Waals surface area contributed by atoms with Crippen LogP contribution >= 0.6 is 0 Å². The van der Waals surface area contributed by atoms with Crippen LogP contribution in [0.3, 0.4) is 0 Å². The van der Waals surface area contributed by atoms with E-state index in [4.69, 9.17) is 9.84 Å². The standard InChI is InChI=1S/C16H14N8O4/c1-23-14(20-21-22-23)24-10-5-3-6-11(25)13(10)19-15(24)28-8-9-4-2-7-12(17-9)18-16(26)27/h2-7,25H,8H2,1H3,(H,17,18)(H,26,27). The summed E-state index contributed by atoms with van der Waals surface area (Å²) >= 11 is 0. The number of para-hydroxylation sites is 1. The highest BCUT2D eigenvalue weighted by atomic mass is 16.5. The van der Waals surface area contributed by atoms with Crippen LogP contribution in [0.5, 0.6) is 11.8 Å². The number of benzene rings is 1. The molecule has 0 unspecified atom stereocenters. The molecule has 0 fully saturated rings. The van der Waals surface area contributed by atoms with Gasteiger partial charge in [-0.05, 0) is 34.7 Å². The number of pyridine rings is 1. The molecule has 3 N–H and O–H groups in total. The number of imidazole rings is 1. The molecule has 0 saturated heterocycles. The molecule has 1 amide bonds. The molecule has 0 spiro atoms. The number of aromatic hydroxyl groups is 1. The van der Waals surface area contributed by atoms with Gasteiger partial charge in [-0.2, -0.15) is 4.98 Å². The van der Waals surface area contributed by atoms with E-state index in [1.807, 2.05) is 0 Å². The van der Waals surface area contributed by atoms with Gasteiger partial charge in [0.25, 0.3) is 5.95 Å². The van der Waals surface area contributed by atoms with E-state index >= 15 is 0 Å². The van der Waals surface area contributed by atoms with Crippen molar-refractivity contribution >= 4 is 22.9 Å². The molecule has 0 aliphatic carbocycles. The monoisotopic (exact) mass is 382 g/mol. The number of hydrogen-bond acceptors (Lipinski definition) is 8. The fraction of sp³-hybridized carbons (Fsp3) is 0.125. The Morgan fingerprint density at radius 2 is 2.04 bits per heavy atom. The van der Waals surface area contributed by atoms with Crippen molar-refractivity contribution < 1.29 is 19.7 Å². The van der Waals surface area contributed by atoms with Crippen LogP contribution in [0.1, 0.15) is 5.69 Å². The Morgan fingerprint density at radius 3 is 2.79 bits per heavy atom. The van der Waals surface area contributed by atoms with Crippen molar-refractivity contribution in [3.63, 3.8) is 0 Å². The number of phenols is 1. The first-order valence-corrected chi connectivity index (χ1v) is 8.05. The molecule has 0 atom stereocenters. The van der Waals surface area contributed by atoms with Crippen LogP contribution in [0.4, 0.5) is 10.6 Å². The number of hydrogen-bond donors (Lipinski definition) is 3. The van der Waals surface area contributed by atoms with Crippen molar-refractivity contribution in [3.8, 4) is 17.7 Å². The summed E-state index contributed by atoms with van der Waals surface area (Å²) in [5.74, 6) is 0.511. The summed E-state index contributed by atoms with van der Waals surface area (Å²) in [6.07, 6.45) is -1.21. The van der Waals surface area contributed by atoms with Gasteiger partial charge in [-0.3, -0.25) is 5.32 Å². The summed E-state index contributed by atoms with van der Waals surface area (Å²) in [5, 5.41) is 32.5. The lowest BCUT2D eigenvalue weighted by atomic mass is 10.3. The molecule has 0 aliphatic heterocycles. The molecule has 3 heterocycles. The first kappa shape index (κ1) is 17.2. The third-order valence-electron chi connectivity index (χ3n) is 3.82. The van der Waals surface area contributed by atoms with Crippen LogP contribution in [0.2, 0.25) is 0 Å². The van der Waals surface area contributed by atoms with Crippen molar-refractivity contribution in [2.45, 2.75) is 6.61 Å². The Kier molecular flexibility index (Phi) is 4.20. The third-order valence-corrected chi connectivity index (χ3v) is 3.82. The van der Waals surface area contributed by atoms with E-state index in [2.05, 4.69) is 30.8 Å². The lowest BCUT2D eigenvalue weighted by Gasteiger charge is -2.09. The molecule has 0 radical (unpaired) electrons. The summed E-state index contributed by atoms with van der Waals surface area (Å²) in [6, 6.07) is 9.94. The number of anilines is 1. The minimum atomic E-state index is -1.21. The van der Waals surface area contributed by atoms with Gasteiger partial charge in [0, 0.05) is 7.05 Å². The lowest BCUT2D eigenvalue weighted by Crippen LogP contribution is -2.11. The van der Waals surface area contributed by atoms with E-state index in [1.165, 1.54) is 16.8 Å². The molecule has 3 aromatic heterocycles. The molecular weight excluding hydrogens is 368 g/mol. The molecule has 142 valence electrons. The smallest absolute Gasteiger partial charge is 0.410 e. The van der Waals surface area contributed by atoms with E-state index in [0.717, 1.165) is 0 Å². The predicted molar refractivity (Wildman–Crippen MR) is 95.3 cm³/mol. The molecule has 4 rings (SSSR count). The minimum Gasteiger partial charge on any atom is -0.506 e. The molecule has 0 bridgehead atoms. The number of nitrogens with zero attached hydrogens (tertiary/aromatic N) is 7. The molecule has 0 saturated carbocycles. The fourth-order valence-electron chi connectivity index (χ4n) is 2.65. The quantitative estimate of drug-likeness (QED) is 0.463. The molecule has 4 aromatic rings. The Balaban J connectivity index is 1.70. The van der Waals surface area contributed by atoms with Gasteiger partial charge >= 0.3 is 12.1 Å². The Hall–Kier alpha value is -4.22. The summed E-state index contributed by atoms with van der Waals surface area (Å²) in [7, 11) is 1.66. The third kappa shape index (κ3) is 3.13. The zero-order chi connectivity index (χ0) is 19.7. The van der Waals surface area contributed by atoms with Crippen molar-refractivity contribution in [2.24, 2.45) is 7.05 Å². The zero-order valence-corrected chi connectivity index (χ0v) is 14.5. The Labute approximate surface area is 157 Å². The molecule has 12 nitrogen and oxygen atoms in total. The summed E-state index contributed by atoms with van der Waals surface area (Å²) in [4.78, 5) is 19.3. The highest BCUT2D eigenvalue weighted by Gasteiger charge is 2.20. The number of amides is 1. The normalized spacial score (nSPS) is 10.9. The van der Waals surface area contributed by atoms with Gasteiger partial charge in [-0.25, -0.2) is 19.0 Å². The van der Waals surface area contributed by atoms with Crippen LogP contribution in [0, 0.1) is 0 Å². The number of ether oxygens (including phenoxy) is 1. The van der Waals surface area contributed by atoms with E-state index in [1.54, 1.807) is 35.9 Å². The van der Waals surface area contributed by atoms with Gasteiger partial charge in [0.1, 0.15) is 23.7 Å². The van der Waals surface area contributed by atoms with Crippen LogP contribution < -0.4 is 10.1 Å². The van der Waals surface area contributed by atoms with Gasteiger partial charge in [-0.1, -0.05) is 17.2 Å². The minimum absolute atomic E-state index is 0.00447. The van der Waals surface area contributed by atoms with Crippen LogP contribution in [-0.4, -0.2) is 51.0 Å². The largest absolute Gasteiger partial charge is 0.506 e. The number of aryl methyl sites for hydroxylation is 1. The number of fused-ring (bicyclic) bond motifs is 1. The topological polar surface area (TPSA) is 153 Å². The Morgan fingerprint density at radius 1 is 1.21 bits per heavy atom. The van der Waals surface area contributed by atoms with Gasteiger partial charge in [0.15, 0.2) is 0 Å². The number of aromatic nitrogens is 7. The van der Waals surface area contributed by atoms with Crippen LogP contribution in [0.25, 0.3) is 17.0 Å². The maximum Gasteiger partial charge on any atom is 0.410 e. The second-order valence-electron chi connectivity index (χ2n) is 5.71. The van der Waals surface area contributed by atoms with Crippen molar-refractivity contribution in [3.05, 3.63) is 42.1 Å². The van der Waals surface area contributed by atoms with Gasteiger partial charge < -0.3 is 14.9 Å². The molecule has 0 aliphatic rings. The predicted octanol–water partition coefficient (Wildman–Crippen LogP) is 1.32. The average Bonchev–Trinajstić information content (AvgIpc) is 3.23. The zero-order valence-electron chi connectivity index (χ0n) is 14.5. The van der Waals surface area contributed by atoms with Gasteiger partial charge in [-0.15, -0.1) is 0 Å². The van der Waals surface area contributed by atoms with Crippen molar-refractivity contribution in [1.29, 1.82) is 0 Å². The van der Waals surface area contributed by atoms with Crippen molar-refractivity contribution in [1.82, 2.24) is 34.7 Å². The molecular formula is C16H14N8O4. The van der Waals surface area contributed by atoms with Crippen molar-refractivity contribution in [2.75, 3.05) is 5.32 Å². The first-order valence-electron chi connectivity index (χ1n) is 8.05. The van der Waals surface area contributed by atoms with Crippen LogP contribution in [0.15, 0.2) is 36.4 Å². The summed E-state index contributed by atoms with van der Waals surface area (Å²) < 4.78 is 8.80. The van der Waals surface area contributed by atoms with Gasteiger partial charge in [0.05, 0.1) is 11.2 Å². The van der Waals surface area contributed by atoms with E-state index in [0.29, 0.717) is 22.7 Å². The van der Waals surface area contributed by atoms with E-state index in [9.17, 15) is 9.90 Å². The number of phenolic OH excluding ortho intramolecular Hbond substituents is 1. The molecule has 12 heteroatoms. The lowest BCUT2D eigenvalue weighted by molar-refractivity contribution is 0.209. The maximum atomic E-state index is 10.8. The molecule has 28 heavy (non-hydrogen) atoms. The highest BCUT2D eigenvalue weighted by molar-refractivity contribution is 5.84. The second-order valence-corrected chi connectivity index (χ2v) is 5.71.